The van der Waals surface area contributed by atoms with E-state index in [1.165, 1.54) is 5.56 Å². The average Bonchev–Trinajstić information content (AvgIpc) is 2.60. The van der Waals surface area contributed by atoms with Crippen LogP contribution in [0.15, 0.2) is 42.5 Å². The van der Waals surface area contributed by atoms with Crippen LogP contribution in [0.25, 0.3) is 0 Å². The summed E-state index contributed by atoms with van der Waals surface area (Å²) in [5.74, 6) is 1.42. The summed E-state index contributed by atoms with van der Waals surface area (Å²) in [6.45, 7) is 0.830. The van der Waals surface area contributed by atoms with E-state index in [0.717, 1.165) is 29.8 Å². The first-order chi connectivity index (χ1) is 10.7. The van der Waals surface area contributed by atoms with Crippen LogP contribution in [-0.2, 0) is 6.42 Å². The van der Waals surface area contributed by atoms with Gasteiger partial charge in [-0.2, -0.15) is 0 Å². The molecule has 0 bridgehead atoms. The lowest BCUT2D eigenvalue weighted by Gasteiger charge is -2.31. The van der Waals surface area contributed by atoms with Gasteiger partial charge in [0.15, 0.2) is 11.5 Å². The maximum absolute atomic E-state index is 10.7. The zero-order valence-corrected chi connectivity index (χ0v) is 14.1. The minimum Gasteiger partial charge on any atom is -0.493 e. The summed E-state index contributed by atoms with van der Waals surface area (Å²) in [6, 6.07) is 13.6. The van der Waals surface area contributed by atoms with E-state index in [2.05, 4.69) is 5.32 Å². The smallest absolute Gasteiger partial charge is 0.161 e. The topological polar surface area (TPSA) is 50.7 Å². The highest BCUT2D eigenvalue weighted by atomic mass is 35.5. The van der Waals surface area contributed by atoms with Crippen LogP contribution in [0.2, 0.25) is 0 Å². The Labute approximate surface area is 142 Å². The molecule has 2 unspecified atom stereocenters. The van der Waals surface area contributed by atoms with E-state index in [1.807, 2.05) is 42.5 Å². The lowest BCUT2D eigenvalue weighted by molar-refractivity contribution is 0.125. The molecule has 0 aliphatic carbocycles. The highest BCUT2D eigenvalue weighted by molar-refractivity contribution is 5.85. The van der Waals surface area contributed by atoms with E-state index in [-0.39, 0.29) is 18.4 Å². The molecule has 5 heteroatoms. The van der Waals surface area contributed by atoms with Crippen LogP contribution in [0.3, 0.4) is 0 Å². The number of hydrogen-bond acceptors (Lipinski definition) is 4. The van der Waals surface area contributed by atoms with Gasteiger partial charge in [-0.3, -0.25) is 0 Å². The monoisotopic (exact) mass is 335 g/mol. The third kappa shape index (κ3) is 3.44. The third-order valence-electron chi connectivity index (χ3n) is 4.20. The summed E-state index contributed by atoms with van der Waals surface area (Å²) in [6.07, 6.45) is 0.312. The molecule has 0 saturated carbocycles. The summed E-state index contributed by atoms with van der Waals surface area (Å²) >= 11 is 0. The van der Waals surface area contributed by atoms with Crippen LogP contribution in [0, 0.1) is 0 Å². The lowest BCUT2D eigenvalue weighted by atomic mass is 9.88. The molecule has 1 aliphatic heterocycles. The molecule has 0 spiro atoms. The number of aliphatic hydroxyl groups is 1. The fourth-order valence-electron chi connectivity index (χ4n) is 3.04. The Bertz CT molecular complexity index is 648. The number of halogens is 1. The lowest BCUT2D eigenvalue weighted by Crippen LogP contribution is -2.34. The van der Waals surface area contributed by atoms with Gasteiger partial charge in [0.05, 0.1) is 26.4 Å². The Morgan fingerprint density at radius 3 is 2.39 bits per heavy atom. The van der Waals surface area contributed by atoms with E-state index in [0.29, 0.717) is 5.75 Å². The molecule has 0 radical (unpaired) electrons. The van der Waals surface area contributed by atoms with Crippen LogP contribution in [-0.4, -0.2) is 25.9 Å². The van der Waals surface area contributed by atoms with Gasteiger partial charge in [-0.15, -0.1) is 12.4 Å². The second-order valence-corrected chi connectivity index (χ2v) is 5.44. The zero-order chi connectivity index (χ0) is 15.5. The van der Waals surface area contributed by atoms with Crippen molar-refractivity contribution >= 4 is 12.4 Å². The first kappa shape index (κ1) is 17.6. The first-order valence-corrected chi connectivity index (χ1v) is 7.45. The summed E-state index contributed by atoms with van der Waals surface area (Å²) < 4.78 is 10.8. The molecule has 3 rings (SSSR count). The van der Waals surface area contributed by atoms with Crippen molar-refractivity contribution in [1.29, 1.82) is 0 Å². The van der Waals surface area contributed by atoms with Gasteiger partial charge in [-0.1, -0.05) is 30.3 Å². The number of nitrogens with one attached hydrogen (secondary N) is 1. The second-order valence-electron chi connectivity index (χ2n) is 5.44. The van der Waals surface area contributed by atoms with Gasteiger partial charge >= 0.3 is 0 Å². The second kappa shape index (κ2) is 7.68. The van der Waals surface area contributed by atoms with Crippen molar-refractivity contribution in [3.8, 4) is 11.5 Å². The number of benzene rings is 2. The molecule has 124 valence electrons. The Morgan fingerprint density at radius 1 is 1.09 bits per heavy atom. The SMILES string of the molecule is COc1cc2c(cc1OC)C(C(O)c1ccccc1)NCC2.Cl. The molecule has 1 heterocycles. The van der Waals surface area contributed by atoms with Crippen LogP contribution < -0.4 is 14.8 Å². The van der Waals surface area contributed by atoms with Gasteiger partial charge in [0.25, 0.3) is 0 Å². The van der Waals surface area contributed by atoms with Gasteiger partial charge in [-0.25, -0.2) is 0 Å². The van der Waals surface area contributed by atoms with Crippen molar-refractivity contribution < 1.29 is 14.6 Å². The van der Waals surface area contributed by atoms with E-state index in [1.54, 1.807) is 14.2 Å². The summed E-state index contributed by atoms with van der Waals surface area (Å²) in [5, 5.41) is 14.2. The molecule has 2 aromatic carbocycles. The summed E-state index contributed by atoms with van der Waals surface area (Å²) in [4.78, 5) is 0. The molecule has 2 N–H and O–H groups in total. The quantitative estimate of drug-likeness (QED) is 0.901. The van der Waals surface area contributed by atoms with Gasteiger partial charge in [-0.05, 0) is 41.8 Å². The van der Waals surface area contributed by atoms with Gasteiger partial charge in [0, 0.05) is 0 Å². The van der Waals surface area contributed by atoms with Gasteiger partial charge in [0.2, 0.25) is 0 Å². The summed E-state index contributed by atoms with van der Waals surface area (Å²) in [7, 11) is 3.27. The van der Waals surface area contributed by atoms with Gasteiger partial charge < -0.3 is 19.9 Å². The molecule has 0 aromatic heterocycles. The first-order valence-electron chi connectivity index (χ1n) is 7.45. The number of methoxy groups -OCH3 is 2. The molecule has 4 nitrogen and oxygen atoms in total. The normalized spacial score (nSPS) is 17.6. The van der Waals surface area contributed by atoms with Gasteiger partial charge in [0.1, 0.15) is 0 Å². The molecule has 0 saturated heterocycles. The Kier molecular flexibility index (Phi) is 5.88. The molecule has 2 aromatic rings. The Morgan fingerprint density at radius 2 is 1.74 bits per heavy atom. The van der Waals surface area contributed by atoms with E-state index in [4.69, 9.17) is 9.47 Å². The fraction of sp³-hybridized carbons (Fsp3) is 0.333. The minimum absolute atomic E-state index is 0. The van der Waals surface area contributed by atoms with Crippen molar-refractivity contribution in [2.45, 2.75) is 18.6 Å². The predicted molar refractivity (Wildman–Crippen MR) is 92.6 cm³/mol. The maximum Gasteiger partial charge on any atom is 0.161 e. The van der Waals surface area contributed by atoms with E-state index >= 15 is 0 Å². The van der Waals surface area contributed by atoms with Crippen molar-refractivity contribution in [3.05, 3.63) is 59.2 Å². The standard InChI is InChI=1S/C18H21NO3.ClH/c1-21-15-10-13-8-9-19-17(14(13)11-16(15)22-2)18(20)12-6-4-3-5-7-12;/h3-7,10-11,17-20H,8-9H2,1-2H3;1H. The maximum atomic E-state index is 10.7. The van der Waals surface area contributed by atoms with Crippen LogP contribution in [0.4, 0.5) is 0 Å². The van der Waals surface area contributed by atoms with Crippen molar-refractivity contribution in [3.63, 3.8) is 0 Å². The third-order valence-corrected chi connectivity index (χ3v) is 4.20. The Balaban J connectivity index is 0.00000192. The molecular weight excluding hydrogens is 314 g/mol. The molecule has 0 amide bonds. The van der Waals surface area contributed by atoms with Crippen LogP contribution in [0.1, 0.15) is 28.8 Å². The molecule has 23 heavy (non-hydrogen) atoms. The van der Waals surface area contributed by atoms with Crippen LogP contribution in [0.5, 0.6) is 11.5 Å². The fourth-order valence-corrected chi connectivity index (χ4v) is 3.04. The molecule has 1 aliphatic rings. The average molecular weight is 336 g/mol. The highest BCUT2D eigenvalue weighted by Crippen LogP contribution is 2.39. The number of hydrogen-bond donors (Lipinski definition) is 2. The van der Waals surface area contributed by atoms with E-state index < -0.39 is 6.10 Å². The molecule has 0 fully saturated rings. The summed E-state index contributed by atoms with van der Waals surface area (Å²) in [5.41, 5.74) is 3.17. The van der Waals surface area contributed by atoms with Crippen molar-refractivity contribution in [1.82, 2.24) is 5.32 Å². The number of aliphatic hydroxyl groups excluding tert-OH is 1. The van der Waals surface area contributed by atoms with E-state index in [9.17, 15) is 5.11 Å². The number of ether oxygens (including phenoxy) is 2. The molecule has 2 atom stereocenters. The Hall–Kier alpha value is -1.75. The highest BCUT2D eigenvalue weighted by Gasteiger charge is 2.28. The van der Waals surface area contributed by atoms with Crippen molar-refractivity contribution in [2.75, 3.05) is 20.8 Å². The largest absolute Gasteiger partial charge is 0.493 e. The zero-order valence-electron chi connectivity index (χ0n) is 13.3. The predicted octanol–water partition coefficient (Wildman–Crippen LogP) is 3.05. The number of fused-ring (bicyclic) bond motifs is 1. The number of rotatable bonds is 4. The van der Waals surface area contributed by atoms with Crippen LogP contribution >= 0.6 is 12.4 Å². The van der Waals surface area contributed by atoms with Crippen molar-refractivity contribution in [2.24, 2.45) is 0 Å². The minimum atomic E-state index is -0.599. The molecular formula is C18H22ClNO3.